The molecule has 2 unspecified atom stereocenters. The summed E-state index contributed by atoms with van der Waals surface area (Å²) in [7, 11) is -4.35. The van der Waals surface area contributed by atoms with Crippen LogP contribution >= 0.6 is 0 Å². The Kier molecular flexibility index (Phi) is 7.93. The fourth-order valence-corrected chi connectivity index (χ4v) is 17.8. The monoisotopic (exact) mass is 474 g/mol. The van der Waals surface area contributed by atoms with E-state index in [2.05, 4.69) is 74.8 Å². The molecule has 0 aromatic heterocycles. The molecule has 0 heterocycles. The zero-order chi connectivity index (χ0) is 23.3. The van der Waals surface area contributed by atoms with Crippen LogP contribution in [-0.4, -0.2) is 16.6 Å². The summed E-state index contributed by atoms with van der Waals surface area (Å²) in [5.74, 6) is 0. The molecule has 0 saturated heterocycles. The molecular weight excluding hydrogens is 433 g/mol. The fraction of sp³-hybridized carbons (Fsp3) is 0.467. The standard InChI is InChI=1S/C30H42OSi2/c1-5-25-17-21-29(22-18-25)32(3,27-13-9-7-10-14-27)31-33(4,28-15-11-8-12-16-28)30-23-19-26(6-2)20-24-30/h5-6,17-24,27-28H,1-2,7-16H2,3-4H3. The molecule has 1 nitrogen and oxygen atoms in total. The maximum atomic E-state index is 7.85. The lowest BCUT2D eigenvalue weighted by molar-refractivity contribution is 0.414. The molecule has 0 radical (unpaired) electrons. The summed E-state index contributed by atoms with van der Waals surface area (Å²) >= 11 is 0. The summed E-state index contributed by atoms with van der Waals surface area (Å²) in [5, 5.41) is 2.97. The van der Waals surface area contributed by atoms with Crippen LogP contribution in [0.4, 0.5) is 0 Å². The van der Waals surface area contributed by atoms with Gasteiger partial charge in [-0.15, -0.1) is 0 Å². The lowest BCUT2D eigenvalue weighted by Gasteiger charge is -2.48. The van der Waals surface area contributed by atoms with Crippen molar-refractivity contribution >= 4 is 39.2 Å². The van der Waals surface area contributed by atoms with E-state index in [4.69, 9.17) is 4.12 Å². The first-order valence-electron chi connectivity index (χ1n) is 13.2. The van der Waals surface area contributed by atoms with Crippen molar-refractivity contribution in [1.29, 1.82) is 0 Å². The molecule has 0 aliphatic heterocycles. The molecule has 2 fully saturated rings. The Hall–Kier alpha value is -1.69. The normalized spacial score (nSPS) is 21.6. The SMILES string of the molecule is C=Cc1ccc([Si](C)(O[Si](C)(c2ccc(C=C)cc2)C2CCCCC2)C2CCCCC2)cc1. The van der Waals surface area contributed by atoms with Gasteiger partial charge in [-0.3, -0.25) is 0 Å². The second kappa shape index (κ2) is 10.7. The van der Waals surface area contributed by atoms with Gasteiger partial charge < -0.3 is 4.12 Å². The molecule has 2 aromatic carbocycles. The van der Waals surface area contributed by atoms with Gasteiger partial charge in [0.2, 0.25) is 16.6 Å². The molecule has 33 heavy (non-hydrogen) atoms. The Labute approximate surface area is 204 Å². The maximum Gasteiger partial charge on any atom is 0.212 e. The summed E-state index contributed by atoms with van der Waals surface area (Å²) in [6.45, 7) is 13.0. The summed E-state index contributed by atoms with van der Waals surface area (Å²) in [6.07, 6.45) is 17.4. The second-order valence-electron chi connectivity index (χ2n) is 10.6. The van der Waals surface area contributed by atoms with Crippen LogP contribution in [0.2, 0.25) is 24.2 Å². The van der Waals surface area contributed by atoms with Gasteiger partial charge in [-0.25, -0.2) is 0 Å². The van der Waals surface area contributed by atoms with Crippen LogP contribution in [0.5, 0.6) is 0 Å². The van der Waals surface area contributed by atoms with Crippen LogP contribution < -0.4 is 10.4 Å². The molecule has 0 bridgehead atoms. The van der Waals surface area contributed by atoms with E-state index in [-0.39, 0.29) is 0 Å². The van der Waals surface area contributed by atoms with E-state index in [0.29, 0.717) is 11.1 Å². The van der Waals surface area contributed by atoms with Crippen molar-refractivity contribution in [2.24, 2.45) is 0 Å². The van der Waals surface area contributed by atoms with Gasteiger partial charge in [0.1, 0.15) is 0 Å². The minimum atomic E-state index is -2.18. The quantitative estimate of drug-likeness (QED) is 0.353. The molecular formula is C30H42OSi2. The van der Waals surface area contributed by atoms with Gasteiger partial charge in [0.25, 0.3) is 0 Å². The number of hydrogen-bond donors (Lipinski definition) is 0. The topological polar surface area (TPSA) is 9.23 Å². The average Bonchev–Trinajstić information content (AvgIpc) is 2.89. The highest BCUT2D eigenvalue weighted by Crippen LogP contribution is 2.44. The third kappa shape index (κ3) is 5.21. The molecule has 2 atom stereocenters. The predicted molar refractivity (Wildman–Crippen MR) is 150 cm³/mol. The third-order valence-electron chi connectivity index (χ3n) is 8.63. The van der Waals surface area contributed by atoms with Crippen LogP contribution in [0.3, 0.4) is 0 Å². The molecule has 2 aliphatic carbocycles. The highest BCUT2D eigenvalue weighted by molar-refractivity contribution is 6.99. The van der Waals surface area contributed by atoms with Crippen molar-refractivity contribution < 1.29 is 4.12 Å². The fourth-order valence-electron chi connectivity index (χ4n) is 6.40. The molecule has 2 aromatic rings. The van der Waals surface area contributed by atoms with Crippen LogP contribution in [-0.2, 0) is 4.12 Å². The average molecular weight is 475 g/mol. The third-order valence-corrected chi connectivity index (χ3v) is 19.3. The molecule has 2 saturated carbocycles. The summed E-state index contributed by atoms with van der Waals surface area (Å²) in [5.41, 5.74) is 3.82. The Bertz CT molecular complexity index is 845. The molecule has 0 N–H and O–H groups in total. The van der Waals surface area contributed by atoms with Crippen molar-refractivity contribution in [3.63, 3.8) is 0 Å². The van der Waals surface area contributed by atoms with Crippen molar-refractivity contribution in [2.45, 2.75) is 88.4 Å². The molecule has 2 aliphatic rings. The van der Waals surface area contributed by atoms with Crippen molar-refractivity contribution in [3.05, 3.63) is 72.8 Å². The van der Waals surface area contributed by atoms with E-state index in [1.807, 2.05) is 12.2 Å². The molecule has 4 rings (SSSR count). The molecule has 3 heteroatoms. The minimum Gasteiger partial charge on any atom is -0.448 e. The second-order valence-corrected chi connectivity index (χ2v) is 18.7. The van der Waals surface area contributed by atoms with Gasteiger partial charge in [0.05, 0.1) is 0 Å². The molecule has 176 valence electrons. The first kappa shape index (κ1) is 24.4. The van der Waals surface area contributed by atoms with E-state index in [1.165, 1.54) is 85.7 Å². The Morgan fingerprint density at radius 1 is 0.606 bits per heavy atom. The first-order valence-corrected chi connectivity index (χ1v) is 18.1. The number of rotatable bonds is 8. The molecule has 0 spiro atoms. The van der Waals surface area contributed by atoms with E-state index in [1.54, 1.807) is 0 Å². The lowest BCUT2D eigenvalue weighted by Crippen LogP contribution is -2.64. The van der Waals surface area contributed by atoms with Gasteiger partial charge in [0, 0.05) is 0 Å². The molecule has 0 amide bonds. The zero-order valence-electron chi connectivity index (χ0n) is 20.8. The van der Waals surface area contributed by atoms with E-state index in [9.17, 15) is 0 Å². The van der Waals surface area contributed by atoms with E-state index in [0.717, 1.165) is 0 Å². The Balaban J connectivity index is 1.78. The first-order chi connectivity index (χ1) is 16.0. The van der Waals surface area contributed by atoms with Crippen molar-refractivity contribution in [3.8, 4) is 0 Å². The van der Waals surface area contributed by atoms with Crippen LogP contribution in [0.25, 0.3) is 12.2 Å². The minimum absolute atomic E-state index is 0.712. The van der Waals surface area contributed by atoms with Gasteiger partial charge in [-0.05, 0) is 45.7 Å². The van der Waals surface area contributed by atoms with Gasteiger partial charge in [-0.1, -0.05) is 138 Å². The lowest BCUT2D eigenvalue weighted by atomic mass is 10.0. The summed E-state index contributed by atoms with van der Waals surface area (Å²) in [6, 6.07) is 18.5. The van der Waals surface area contributed by atoms with Gasteiger partial charge in [-0.2, -0.15) is 0 Å². The Morgan fingerprint density at radius 2 is 0.939 bits per heavy atom. The van der Waals surface area contributed by atoms with Crippen molar-refractivity contribution in [1.82, 2.24) is 0 Å². The van der Waals surface area contributed by atoms with E-state index >= 15 is 0 Å². The largest absolute Gasteiger partial charge is 0.448 e. The zero-order valence-corrected chi connectivity index (χ0v) is 22.8. The van der Waals surface area contributed by atoms with Crippen LogP contribution in [0, 0.1) is 0 Å². The highest BCUT2D eigenvalue weighted by Gasteiger charge is 2.50. The Morgan fingerprint density at radius 3 is 1.24 bits per heavy atom. The van der Waals surface area contributed by atoms with Crippen molar-refractivity contribution in [2.75, 3.05) is 0 Å². The van der Waals surface area contributed by atoms with Crippen LogP contribution in [0.15, 0.2) is 61.7 Å². The summed E-state index contributed by atoms with van der Waals surface area (Å²) < 4.78 is 7.85. The highest BCUT2D eigenvalue weighted by atomic mass is 28.4. The number of benzene rings is 2. The number of hydrogen-bond acceptors (Lipinski definition) is 1. The van der Waals surface area contributed by atoms with E-state index < -0.39 is 16.6 Å². The van der Waals surface area contributed by atoms with Gasteiger partial charge in [0.15, 0.2) is 0 Å². The summed E-state index contributed by atoms with van der Waals surface area (Å²) in [4.78, 5) is 0. The van der Waals surface area contributed by atoms with Gasteiger partial charge >= 0.3 is 0 Å². The predicted octanol–water partition coefficient (Wildman–Crippen LogP) is 7.92. The maximum absolute atomic E-state index is 7.85. The smallest absolute Gasteiger partial charge is 0.212 e. The van der Waals surface area contributed by atoms with Crippen LogP contribution in [0.1, 0.15) is 75.3 Å².